The molecule has 0 aromatic heterocycles. The van der Waals surface area contributed by atoms with Gasteiger partial charge in [-0.15, -0.1) is 0 Å². The number of nitrogens with one attached hydrogen (secondary N) is 1. The molecule has 0 spiro atoms. The number of para-hydroxylation sites is 1. The molecule has 1 aromatic rings. The van der Waals surface area contributed by atoms with Crippen molar-refractivity contribution in [1.29, 1.82) is 0 Å². The lowest BCUT2D eigenvalue weighted by molar-refractivity contribution is -0.155. The largest absolute Gasteiger partial charge is 0.323 e. The van der Waals surface area contributed by atoms with E-state index in [-0.39, 0.29) is 31.0 Å². The normalized spacial score (nSPS) is 35.3. The SMILES string of the molecule is CC1(C)[C@@]2(C(=O)Nc3ccccc3F)CC[C@@]1(C(Br)Br)[C@H]2Br. The van der Waals surface area contributed by atoms with Crippen molar-refractivity contribution in [2.45, 2.75) is 35.3 Å². The van der Waals surface area contributed by atoms with Crippen LogP contribution < -0.4 is 5.32 Å². The standard InChI is InChI=1S/C16H17Br3FNO/c1-14(2)15(12(18)19)7-8-16(14,11(15)17)13(22)21-10-6-4-3-5-9(10)20/h3-6,11-12H,7-8H2,1-2H3,(H,21,22)/t11-,15+,16+/m1/s1. The average molecular weight is 498 g/mol. The number of benzene rings is 1. The fourth-order valence-electron chi connectivity index (χ4n) is 4.49. The number of fused-ring (bicyclic) bond motifs is 1. The Morgan fingerprint density at radius 1 is 1.32 bits per heavy atom. The minimum atomic E-state index is -0.519. The fourth-order valence-corrected chi connectivity index (χ4v) is 9.41. The van der Waals surface area contributed by atoms with E-state index in [0.717, 1.165) is 12.8 Å². The molecular formula is C16H17Br3FNO. The Bertz CT molecular complexity index is 636. The number of carbonyl (C=O) groups is 1. The summed E-state index contributed by atoms with van der Waals surface area (Å²) in [6.07, 6.45) is 1.74. The Hall–Kier alpha value is 0.0600. The lowest BCUT2D eigenvalue weighted by Gasteiger charge is -2.66. The van der Waals surface area contributed by atoms with Gasteiger partial charge in [-0.1, -0.05) is 73.8 Å². The van der Waals surface area contributed by atoms with Gasteiger partial charge in [-0.3, -0.25) is 4.79 Å². The number of alkyl halides is 3. The van der Waals surface area contributed by atoms with Crippen LogP contribution in [0.15, 0.2) is 24.3 Å². The molecule has 0 unspecified atom stereocenters. The monoisotopic (exact) mass is 495 g/mol. The summed E-state index contributed by atoms with van der Waals surface area (Å²) in [6, 6.07) is 6.29. The highest BCUT2D eigenvalue weighted by Crippen LogP contribution is 2.82. The molecule has 0 saturated heterocycles. The molecule has 1 aromatic carbocycles. The number of hydrogen-bond acceptors (Lipinski definition) is 1. The van der Waals surface area contributed by atoms with Crippen LogP contribution in [-0.2, 0) is 4.79 Å². The molecule has 2 bridgehead atoms. The van der Waals surface area contributed by atoms with E-state index in [9.17, 15) is 9.18 Å². The van der Waals surface area contributed by atoms with Gasteiger partial charge in [0.15, 0.2) is 0 Å². The lowest BCUT2D eigenvalue weighted by Crippen LogP contribution is -2.71. The van der Waals surface area contributed by atoms with Gasteiger partial charge in [-0.05, 0) is 30.4 Å². The molecule has 4 rings (SSSR count). The van der Waals surface area contributed by atoms with Crippen molar-refractivity contribution < 1.29 is 9.18 Å². The van der Waals surface area contributed by atoms with E-state index < -0.39 is 11.2 Å². The molecule has 3 aliphatic carbocycles. The first kappa shape index (κ1) is 16.9. The molecule has 3 atom stereocenters. The van der Waals surface area contributed by atoms with Gasteiger partial charge in [0.2, 0.25) is 5.91 Å². The van der Waals surface area contributed by atoms with Crippen molar-refractivity contribution in [3.63, 3.8) is 0 Å². The molecule has 3 aliphatic rings. The molecule has 1 amide bonds. The van der Waals surface area contributed by atoms with Gasteiger partial charge in [0.25, 0.3) is 0 Å². The Morgan fingerprint density at radius 3 is 2.45 bits per heavy atom. The Labute approximate surface area is 155 Å². The fraction of sp³-hybridized carbons (Fsp3) is 0.562. The molecule has 2 nitrogen and oxygen atoms in total. The Kier molecular flexibility index (Phi) is 4.06. The molecule has 120 valence electrons. The molecule has 0 aliphatic heterocycles. The van der Waals surface area contributed by atoms with Crippen LogP contribution in [0.4, 0.5) is 10.1 Å². The maximum absolute atomic E-state index is 13.8. The minimum absolute atomic E-state index is 0.0282. The molecule has 3 saturated carbocycles. The van der Waals surface area contributed by atoms with Crippen molar-refractivity contribution in [3.8, 4) is 0 Å². The minimum Gasteiger partial charge on any atom is -0.323 e. The molecule has 0 radical (unpaired) electrons. The number of anilines is 1. The predicted molar refractivity (Wildman–Crippen MR) is 97.3 cm³/mol. The summed E-state index contributed by atoms with van der Waals surface area (Å²) in [6.45, 7) is 4.27. The second-order valence-corrected chi connectivity index (χ2v) is 10.7. The number of halogens is 4. The van der Waals surface area contributed by atoms with E-state index in [2.05, 4.69) is 67.0 Å². The number of carbonyl (C=O) groups excluding carboxylic acids is 1. The first-order valence-electron chi connectivity index (χ1n) is 7.20. The predicted octanol–water partition coefficient (Wildman–Crippen LogP) is 5.45. The average Bonchev–Trinajstić information content (AvgIpc) is 2.91. The van der Waals surface area contributed by atoms with Crippen LogP contribution in [0.5, 0.6) is 0 Å². The smallest absolute Gasteiger partial charge is 0.232 e. The van der Waals surface area contributed by atoms with E-state index in [1.165, 1.54) is 6.07 Å². The highest BCUT2D eigenvalue weighted by atomic mass is 79.9. The van der Waals surface area contributed by atoms with Crippen molar-refractivity contribution in [2.24, 2.45) is 16.2 Å². The lowest BCUT2D eigenvalue weighted by atomic mass is 9.43. The van der Waals surface area contributed by atoms with Crippen molar-refractivity contribution in [1.82, 2.24) is 0 Å². The zero-order valence-corrected chi connectivity index (χ0v) is 17.1. The van der Waals surface area contributed by atoms with Crippen molar-refractivity contribution in [2.75, 3.05) is 5.32 Å². The van der Waals surface area contributed by atoms with Crippen LogP contribution in [0.25, 0.3) is 0 Å². The van der Waals surface area contributed by atoms with Gasteiger partial charge in [-0.2, -0.15) is 0 Å². The molecular weight excluding hydrogens is 481 g/mol. The second-order valence-electron chi connectivity index (χ2n) is 6.73. The number of amides is 1. The first-order valence-corrected chi connectivity index (χ1v) is 9.95. The third kappa shape index (κ3) is 1.78. The van der Waals surface area contributed by atoms with Crippen LogP contribution in [0.3, 0.4) is 0 Å². The van der Waals surface area contributed by atoms with Crippen LogP contribution in [0, 0.1) is 22.1 Å². The van der Waals surface area contributed by atoms with E-state index in [1.807, 2.05) is 0 Å². The zero-order chi connectivity index (χ0) is 16.3. The Morgan fingerprint density at radius 2 is 1.95 bits per heavy atom. The zero-order valence-electron chi connectivity index (χ0n) is 12.3. The third-order valence-corrected chi connectivity index (χ3v) is 9.25. The summed E-state index contributed by atoms with van der Waals surface area (Å²) < 4.78 is 14.0. The first-order chi connectivity index (χ1) is 10.2. The van der Waals surface area contributed by atoms with Gasteiger partial charge in [0, 0.05) is 10.2 Å². The van der Waals surface area contributed by atoms with E-state index in [1.54, 1.807) is 18.2 Å². The highest BCUT2D eigenvalue weighted by molar-refractivity contribution is 9.24. The highest BCUT2D eigenvalue weighted by Gasteiger charge is 2.83. The van der Waals surface area contributed by atoms with E-state index in [0.29, 0.717) is 0 Å². The second kappa shape index (κ2) is 5.28. The van der Waals surface area contributed by atoms with Gasteiger partial charge < -0.3 is 5.32 Å². The maximum atomic E-state index is 13.8. The molecule has 22 heavy (non-hydrogen) atoms. The van der Waals surface area contributed by atoms with E-state index >= 15 is 0 Å². The molecule has 3 fully saturated rings. The van der Waals surface area contributed by atoms with E-state index in [4.69, 9.17) is 0 Å². The van der Waals surface area contributed by atoms with Crippen LogP contribution in [0.1, 0.15) is 26.7 Å². The van der Waals surface area contributed by atoms with Crippen LogP contribution in [-0.4, -0.2) is 14.5 Å². The topological polar surface area (TPSA) is 29.1 Å². The number of rotatable bonds is 3. The molecule has 1 N–H and O–H groups in total. The summed E-state index contributed by atoms with van der Waals surface area (Å²) >= 11 is 11.1. The number of hydrogen-bond donors (Lipinski definition) is 1. The molecule has 6 heteroatoms. The summed E-state index contributed by atoms with van der Waals surface area (Å²) in [5.74, 6) is -0.503. The summed E-state index contributed by atoms with van der Waals surface area (Å²) in [5.41, 5.74) is -0.494. The van der Waals surface area contributed by atoms with Crippen molar-refractivity contribution >= 4 is 59.4 Å². The summed E-state index contributed by atoms with van der Waals surface area (Å²) in [5, 5.41) is 2.80. The van der Waals surface area contributed by atoms with Crippen LogP contribution in [0.2, 0.25) is 0 Å². The summed E-state index contributed by atoms with van der Waals surface area (Å²) in [7, 11) is 0. The van der Waals surface area contributed by atoms with Crippen molar-refractivity contribution in [3.05, 3.63) is 30.1 Å². The van der Waals surface area contributed by atoms with Gasteiger partial charge in [-0.25, -0.2) is 4.39 Å². The van der Waals surface area contributed by atoms with Gasteiger partial charge in [0.1, 0.15) is 5.82 Å². The molecule has 0 heterocycles. The third-order valence-electron chi connectivity index (χ3n) is 6.01. The Balaban J connectivity index is 1.93. The summed E-state index contributed by atoms with van der Waals surface area (Å²) in [4.78, 5) is 13.0. The van der Waals surface area contributed by atoms with Gasteiger partial charge >= 0.3 is 0 Å². The quantitative estimate of drug-likeness (QED) is 0.553. The van der Waals surface area contributed by atoms with Crippen LogP contribution >= 0.6 is 47.8 Å². The maximum Gasteiger partial charge on any atom is 0.232 e. The van der Waals surface area contributed by atoms with Gasteiger partial charge in [0.05, 0.1) is 14.8 Å².